The fourth-order valence-electron chi connectivity index (χ4n) is 10.4. The number of nitrogens with zero attached hydrogens (tertiary/aromatic N) is 5. The molecule has 2 aliphatic heterocycles. The Balaban J connectivity index is 1.83. The topological polar surface area (TPSA) is 356 Å². The Morgan fingerprint density at radius 3 is 1.57 bits per heavy atom. The maximum Gasteiger partial charge on any atom is 0.326 e. The van der Waals surface area contributed by atoms with Gasteiger partial charge in [0.2, 0.25) is 23.6 Å². The lowest BCUT2D eigenvalue weighted by Gasteiger charge is -2.33. The molecule has 0 saturated carbocycles. The number of benzene rings is 1. The van der Waals surface area contributed by atoms with Crippen molar-refractivity contribution in [2.45, 2.75) is 135 Å². The molecule has 2 fully saturated rings. The number of rotatable bonds is 35. The Kier molecular flexibility index (Phi) is 31.1. The molecule has 0 aliphatic carbocycles. The van der Waals surface area contributed by atoms with E-state index in [9.17, 15) is 68.4 Å². The number of carboxylic acids is 4. The Morgan fingerprint density at radius 1 is 0.600 bits per heavy atom. The summed E-state index contributed by atoms with van der Waals surface area (Å²) in [5.74, 6) is -9.64. The number of likely N-dealkylation sites (tertiary alicyclic amines) is 1. The summed E-state index contributed by atoms with van der Waals surface area (Å²) in [7, 11) is 0. The van der Waals surface area contributed by atoms with Gasteiger partial charge in [0.15, 0.2) is 5.78 Å². The second kappa shape index (κ2) is 36.4. The molecule has 1 aromatic carbocycles. The van der Waals surface area contributed by atoms with E-state index in [2.05, 4.69) is 16.0 Å². The molecular formula is C56H92N10O14. The number of hydrogen-bond donors (Lipinski definition) is 9. The van der Waals surface area contributed by atoms with E-state index in [1.54, 1.807) is 49.9 Å². The highest BCUT2D eigenvalue weighted by Gasteiger charge is 2.40. The molecule has 7 atom stereocenters. The van der Waals surface area contributed by atoms with Gasteiger partial charge in [0.1, 0.15) is 23.9 Å². The van der Waals surface area contributed by atoms with E-state index >= 15 is 0 Å². The Labute approximate surface area is 471 Å². The van der Waals surface area contributed by atoms with Crippen molar-refractivity contribution in [3.8, 4) is 0 Å². The second-order valence-electron chi connectivity index (χ2n) is 22.0. The number of unbranched alkanes of at least 4 members (excludes halogenated alkanes) is 2. The SMILES string of the molecule is CC[C@H](C)[C@H](NC(=O)[C@@H](CC(=O)CN1CCN(CC(=O)O)CCN(CC(=O)O)CCN(CC(=O)O)CC1)CC(C)C)C(=O)C[C@@H](CCCCN)C(=O)N[C@@H](CCCCN)C(=O)N1CCC[C@H]1C(=O)N[C@@H](Cc1ccccc1)C(=O)O. The van der Waals surface area contributed by atoms with Crippen LogP contribution >= 0.6 is 0 Å². The van der Waals surface area contributed by atoms with Crippen molar-refractivity contribution in [2.24, 2.45) is 35.1 Å². The van der Waals surface area contributed by atoms with Gasteiger partial charge in [-0.15, -0.1) is 0 Å². The molecule has 0 spiro atoms. The van der Waals surface area contributed by atoms with Crippen LogP contribution in [0.4, 0.5) is 0 Å². The third kappa shape index (κ3) is 25.3. The zero-order valence-electron chi connectivity index (χ0n) is 47.6. The number of carbonyl (C=O) groups excluding carboxylic acids is 6. The molecule has 450 valence electrons. The summed E-state index contributed by atoms with van der Waals surface area (Å²) in [4.78, 5) is 142. The van der Waals surface area contributed by atoms with Crippen molar-refractivity contribution in [3.63, 3.8) is 0 Å². The number of hydrogen-bond acceptors (Lipinski definition) is 16. The average molecular weight is 1130 g/mol. The average Bonchev–Trinajstić information content (AvgIpc) is 3.94. The van der Waals surface area contributed by atoms with Gasteiger partial charge in [0.25, 0.3) is 0 Å². The van der Waals surface area contributed by atoms with Gasteiger partial charge in [0.05, 0.1) is 32.2 Å². The smallest absolute Gasteiger partial charge is 0.326 e. The Morgan fingerprint density at radius 2 is 1.10 bits per heavy atom. The fraction of sp³-hybridized carbons (Fsp3) is 0.714. The van der Waals surface area contributed by atoms with Crippen LogP contribution in [0.3, 0.4) is 0 Å². The molecule has 4 amide bonds. The van der Waals surface area contributed by atoms with Gasteiger partial charge in [-0.3, -0.25) is 62.8 Å². The summed E-state index contributed by atoms with van der Waals surface area (Å²) < 4.78 is 0. The van der Waals surface area contributed by atoms with Crippen LogP contribution < -0.4 is 27.4 Å². The summed E-state index contributed by atoms with van der Waals surface area (Å²) in [5, 5.41) is 47.4. The van der Waals surface area contributed by atoms with Crippen molar-refractivity contribution < 1.29 is 68.4 Å². The molecule has 0 bridgehead atoms. The minimum atomic E-state index is -1.25. The summed E-state index contributed by atoms with van der Waals surface area (Å²) >= 11 is 0. The number of ketones is 2. The highest BCUT2D eigenvalue weighted by molar-refractivity contribution is 5.97. The maximum absolute atomic E-state index is 14.6. The van der Waals surface area contributed by atoms with Crippen LogP contribution in [0.15, 0.2) is 30.3 Å². The Bertz CT molecular complexity index is 2140. The minimum absolute atomic E-state index is 0.0310. The van der Waals surface area contributed by atoms with Crippen molar-refractivity contribution in [3.05, 3.63) is 35.9 Å². The number of Topliss-reactive ketones (excluding diaryl/α,β-unsaturated/α-hetero) is 2. The largest absolute Gasteiger partial charge is 0.480 e. The molecule has 1 aromatic rings. The molecule has 2 heterocycles. The van der Waals surface area contributed by atoms with Crippen LogP contribution in [-0.4, -0.2) is 226 Å². The van der Waals surface area contributed by atoms with E-state index in [0.29, 0.717) is 63.6 Å². The molecular weight excluding hydrogens is 1040 g/mol. The molecule has 2 saturated heterocycles. The van der Waals surface area contributed by atoms with E-state index < -0.39 is 95.2 Å². The van der Waals surface area contributed by atoms with Crippen molar-refractivity contribution >= 4 is 59.1 Å². The number of aliphatic carboxylic acids is 4. The van der Waals surface area contributed by atoms with Gasteiger partial charge in [-0.2, -0.15) is 0 Å². The van der Waals surface area contributed by atoms with Gasteiger partial charge < -0.3 is 52.7 Å². The summed E-state index contributed by atoms with van der Waals surface area (Å²) in [6.45, 7) is 8.92. The molecule has 2 aliphatic rings. The van der Waals surface area contributed by atoms with Gasteiger partial charge >= 0.3 is 23.9 Å². The molecule has 0 radical (unpaired) electrons. The number of nitrogens with one attached hydrogen (secondary N) is 3. The molecule has 3 rings (SSSR count). The predicted octanol–water partition coefficient (Wildman–Crippen LogP) is 0.735. The molecule has 0 unspecified atom stereocenters. The lowest BCUT2D eigenvalue weighted by Crippen LogP contribution is -2.56. The van der Waals surface area contributed by atoms with E-state index in [1.807, 2.05) is 27.7 Å². The number of carbonyl (C=O) groups is 10. The Hall–Kier alpha value is -5.92. The van der Waals surface area contributed by atoms with Crippen LogP contribution in [0.25, 0.3) is 0 Å². The third-order valence-electron chi connectivity index (χ3n) is 15.0. The van der Waals surface area contributed by atoms with Gasteiger partial charge in [0, 0.05) is 90.0 Å². The first-order valence-corrected chi connectivity index (χ1v) is 28.5. The van der Waals surface area contributed by atoms with Crippen LogP contribution in [-0.2, 0) is 54.4 Å². The quantitative estimate of drug-likeness (QED) is 0.0423. The fourth-order valence-corrected chi connectivity index (χ4v) is 10.4. The number of nitrogens with two attached hydrogens (primary N) is 2. The zero-order valence-corrected chi connectivity index (χ0v) is 47.6. The van der Waals surface area contributed by atoms with E-state index in [-0.39, 0.29) is 135 Å². The van der Waals surface area contributed by atoms with Crippen molar-refractivity contribution in [1.29, 1.82) is 0 Å². The normalized spacial score (nSPS) is 18.6. The van der Waals surface area contributed by atoms with Crippen LogP contribution in [0.2, 0.25) is 0 Å². The third-order valence-corrected chi connectivity index (χ3v) is 15.0. The lowest BCUT2D eigenvalue weighted by atomic mass is 9.86. The van der Waals surface area contributed by atoms with Crippen LogP contribution in [0, 0.1) is 23.7 Å². The highest BCUT2D eigenvalue weighted by atomic mass is 16.4. The van der Waals surface area contributed by atoms with Crippen molar-refractivity contribution in [2.75, 3.05) is 98.2 Å². The maximum atomic E-state index is 14.6. The summed E-state index contributed by atoms with van der Waals surface area (Å²) in [6.07, 6.45) is 3.51. The second-order valence-corrected chi connectivity index (χ2v) is 22.0. The lowest BCUT2D eigenvalue weighted by molar-refractivity contribution is -0.145. The molecule has 0 aromatic heterocycles. The number of carboxylic acid groups (broad SMARTS) is 4. The van der Waals surface area contributed by atoms with Gasteiger partial charge in [-0.25, -0.2) is 4.79 Å². The molecule has 24 heteroatoms. The predicted molar refractivity (Wildman–Crippen MR) is 298 cm³/mol. The van der Waals surface area contributed by atoms with Crippen LogP contribution in [0.5, 0.6) is 0 Å². The van der Waals surface area contributed by atoms with Crippen molar-refractivity contribution in [1.82, 2.24) is 40.4 Å². The van der Waals surface area contributed by atoms with E-state index in [4.69, 9.17) is 11.5 Å². The zero-order chi connectivity index (χ0) is 59.3. The first-order chi connectivity index (χ1) is 38.0. The van der Waals surface area contributed by atoms with Crippen LogP contribution in [0.1, 0.15) is 110 Å². The van der Waals surface area contributed by atoms with E-state index in [0.717, 1.165) is 0 Å². The summed E-state index contributed by atoms with van der Waals surface area (Å²) in [6, 6.07) is 4.46. The first kappa shape index (κ1) is 68.4. The molecule has 80 heavy (non-hydrogen) atoms. The minimum Gasteiger partial charge on any atom is -0.480 e. The highest BCUT2D eigenvalue weighted by Crippen LogP contribution is 2.24. The molecule has 24 nitrogen and oxygen atoms in total. The molecule has 11 N–H and O–H groups in total. The summed E-state index contributed by atoms with van der Waals surface area (Å²) in [5.41, 5.74) is 12.4. The standard InChI is InChI=1S/C56H92N10O14/c1-5-39(4)51(61-53(76)42(30-38(2)3)32-43(67)34-62-22-24-63(35-48(69)70)26-28-65(37-50(73)74)29-27-64(25-23-62)36-49(71)72)47(68)33-41(16-9-11-19-57)52(75)59-44(17-10-12-20-58)55(78)66-21-13-18-46(66)54(77)60-45(56(79)80)31-40-14-7-6-8-15-40/h6-8,14-15,38-39,41-42,44-46,51H,5,9-13,16-37,57-58H2,1-4H3,(H,59,75)(H,60,77)(H,61,76)(H,69,70)(H,71,72)(H,73,74)(H,79,80)/t39-,41+,42+,44-,45-,46-,51-/m0/s1. The van der Waals surface area contributed by atoms with E-state index in [1.165, 1.54) is 4.90 Å². The monoisotopic (exact) mass is 1130 g/mol. The van der Waals surface area contributed by atoms with Gasteiger partial charge in [-0.05, 0) is 81.9 Å². The van der Waals surface area contributed by atoms with Gasteiger partial charge in [-0.1, -0.05) is 70.9 Å². The first-order valence-electron chi connectivity index (χ1n) is 28.5. The number of amides is 4.